The summed E-state index contributed by atoms with van der Waals surface area (Å²) in [4.78, 5) is 13.1. The topological polar surface area (TPSA) is 92.9 Å². The van der Waals surface area contributed by atoms with Crippen molar-refractivity contribution in [3.8, 4) is 5.75 Å². The molecule has 0 bridgehead atoms. The highest BCUT2D eigenvalue weighted by Gasteiger charge is 2.39. The van der Waals surface area contributed by atoms with Crippen LogP contribution in [-0.2, 0) is 14.8 Å². The van der Waals surface area contributed by atoms with Crippen molar-refractivity contribution in [1.82, 2.24) is 9.21 Å². The van der Waals surface area contributed by atoms with Crippen LogP contribution in [0.1, 0.15) is 25.7 Å². The summed E-state index contributed by atoms with van der Waals surface area (Å²) >= 11 is 0. The van der Waals surface area contributed by atoms with Crippen molar-refractivity contribution in [1.29, 1.82) is 0 Å². The minimum atomic E-state index is -4.99. The van der Waals surface area contributed by atoms with E-state index < -0.39 is 27.0 Å². The third-order valence-corrected chi connectivity index (χ3v) is 7.15. The van der Waals surface area contributed by atoms with Gasteiger partial charge in [0, 0.05) is 19.1 Å². The molecule has 0 aliphatic carbocycles. The number of hydrogen-bond donors (Lipinski definition) is 1. The summed E-state index contributed by atoms with van der Waals surface area (Å²) in [5.74, 6) is -1.13. The molecule has 2 fully saturated rings. The lowest BCUT2D eigenvalue weighted by molar-refractivity contribution is -0.275. The molecule has 0 saturated carbocycles. The molecule has 11 heteroatoms. The second kappa shape index (κ2) is 7.88. The molecule has 1 aromatic rings. The average molecular weight is 421 g/mol. The summed E-state index contributed by atoms with van der Waals surface area (Å²) in [5, 5.41) is 0. The molecule has 7 nitrogen and oxygen atoms in total. The van der Waals surface area contributed by atoms with Gasteiger partial charge in [-0.15, -0.1) is 13.2 Å². The van der Waals surface area contributed by atoms with Crippen LogP contribution in [0.25, 0.3) is 0 Å². The number of carbonyl (C=O) groups is 1. The molecule has 1 aromatic carbocycles. The van der Waals surface area contributed by atoms with E-state index in [1.807, 2.05) is 4.90 Å². The molecule has 2 aliphatic heterocycles. The number of sulfonamides is 1. The van der Waals surface area contributed by atoms with Crippen molar-refractivity contribution in [2.45, 2.75) is 49.0 Å². The Morgan fingerprint density at radius 2 is 1.75 bits per heavy atom. The number of rotatable bonds is 5. The molecule has 2 heterocycles. The normalized spacial score (nSPS) is 23.0. The van der Waals surface area contributed by atoms with E-state index in [2.05, 4.69) is 4.74 Å². The Morgan fingerprint density at radius 3 is 2.36 bits per heavy atom. The van der Waals surface area contributed by atoms with Crippen LogP contribution in [0, 0.1) is 0 Å². The van der Waals surface area contributed by atoms with Crippen molar-refractivity contribution < 1.29 is 31.1 Å². The van der Waals surface area contributed by atoms with Crippen LogP contribution in [0.15, 0.2) is 29.2 Å². The number of likely N-dealkylation sites (tertiary alicyclic amines) is 1. The number of ether oxygens (including phenoxy) is 1. The first-order chi connectivity index (χ1) is 13.1. The van der Waals surface area contributed by atoms with Crippen molar-refractivity contribution in [3.63, 3.8) is 0 Å². The Bertz CT molecular complexity index is 823. The van der Waals surface area contributed by atoms with Crippen LogP contribution in [0.5, 0.6) is 5.75 Å². The number of nitrogens with zero attached hydrogens (tertiary/aromatic N) is 2. The van der Waals surface area contributed by atoms with E-state index >= 15 is 0 Å². The van der Waals surface area contributed by atoms with E-state index in [4.69, 9.17) is 5.73 Å². The molecular weight excluding hydrogens is 399 g/mol. The number of para-hydroxylation sites is 1. The van der Waals surface area contributed by atoms with E-state index in [0.717, 1.165) is 29.4 Å². The Morgan fingerprint density at radius 1 is 1.11 bits per heavy atom. The summed E-state index contributed by atoms with van der Waals surface area (Å²) in [6, 6.07) is 4.40. The highest BCUT2D eigenvalue weighted by atomic mass is 32.2. The first-order valence-electron chi connectivity index (χ1n) is 8.99. The first kappa shape index (κ1) is 20.9. The van der Waals surface area contributed by atoms with Gasteiger partial charge in [0.25, 0.3) is 0 Å². The number of nitrogens with two attached hydrogens (primary N) is 1. The van der Waals surface area contributed by atoms with Gasteiger partial charge in [-0.25, -0.2) is 8.42 Å². The smallest absolute Gasteiger partial charge is 0.404 e. The van der Waals surface area contributed by atoms with Gasteiger partial charge in [-0.3, -0.25) is 9.69 Å². The Hall–Kier alpha value is -1.85. The van der Waals surface area contributed by atoms with Crippen molar-refractivity contribution in [2.75, 3.05) is 19.6 Å². The van der Waals surface area contributed by atoms with E-state index in [1.165, 1.54) is 12.1 Å². The number of amides is 1. The van der Waals surface area contributed by atoms with Gasteiger partial charge in [0.15, 0.2) is 0 Å². The zero-order chi connectivity index (χ0) is 20.5. The average Bonchev–Trinajstić information content (AvgIpc) is 3.11. The molecule has 1 atom stereocenters. The molecule has 28 heavy (non-hydrogen) atoms. The van der Waals surface area contributed by atoms with Crippen molar-refractivity contribution in [2.24, 2.45) is 5.73 Å². The highest BCUT2D eigenvalue weighted by Crippen LogP contribution is 2.33. The molecule has 0 radical (unpaired) electrons. The molecule has 0 spiro atoms. The van der Waals surface area contributed by atoms with Gasteiger partial charge in [0.05, 0.1) is 6.04 Å². The second-order valence-electron chi connectivity index (χ2n) is 6.93. The number of alkyl halides is 3. The fraction of sp³-hybridized carbons (Fsp3) is 0.588. The van der Waals surface area contributed by atoms with E-state index in [-0.39, 0.29) is 31.1 Å². The predicted octanol–water partition coefficient (Wildman–Crippen LogP) is 1.69. The first-order valence-corrected chi connectivity index (χ1v) is 10.4. The van der Waals surface area contributed by atoms with E-state index in [1.54, 1.807) is 0 Å². The molecular formula is C17H22F3N3O4S. The molecule has 1 unspecified atom stereocenters. The van der Waals surface area contributed by atoms with Gasteiger partial charge in [-0.05, 0) is 44.4 Å². The van der Waals surface area contributed by atoms with Crippen molar-refractivity contribution >= 4 is 15.9 Å². The van der Waals surface area contributed by atoms with E-state index in [9.17, 15) is 26.4 Å². The SMILES string of the molecule is NC(=O)C1CCCN1C1CCN(S(=O)(=O)c2ccccc2OC(F)(F)F)CC1. The summed E-state index contributed by atoms with van der Waals surface area (Å²) in [6.45, 7) is 1.03. The highest BCUT2D eigenvalue weighted by molar-refractivity contribution is 7.89. The summed E-state index contributed by atoms with van der Waals surface area (Å²) in [5.41, 5.74) is 5.44. The lowest BCUT2D eigenvalue weighted by atomic mass is 10.0. The summed E-state index contributed by atoms with van der Waals surface area (Å²) in [6.07, 6.45) is -2.49. The largest absolute Gasteiger partial charge is 0.573 e. The van der Waals surface area contributed by atoms with Crippen LogP contribution in [0.4, 0.5) is 13.2 Å². The zero-order valence-electron chi connectivity index (χ0n) is 15.1. The number of halogens is 3. The summed E-state index contributed by atoms with van der Waals surface area (Å²) < 4.78 is 68.6. The Labute approximate surface area is 161 Å². The maximum absolute atomic E-state index is 12.9. The van der Waals surface area contributed by atoms with Gasteiger partial charge >= 0.3 is 6.36 Å². The lowest BCUT2D eigenvalue weighted by Gasteiger charge is -2.38. The number of primary amides is 1. The zero-order valence-corrected chi connectivity index (χ0v) is 15.9. The fourth-order valence-electron chi connectivity index (χ4n) is 3.96. The van der Waals surface area contributed by atoms with Crippen LogP contribution in [0.3, 0.4) is 0 Å². The molecule has 2 saturated heterocycles. The van der Waals surface area contributed by atoms with Crippen LogP contribution in [0.2, 0.25) is 0 Å². The molecule has 0 aromatic heterocycles. The van der Waals surface area contributed by atoms with Crippen LogP contribution < -0.4 is 10.5 Å². The molecule has 3 rings (SSSR count). The standard InChI is InChI=1S/C17H22F3N3O4S/c18-17(19,20)27-14-5-1-2-6-15(14)28(25,26)22-10-7-12(8-11-22)23-9-3-4-13(23)16(21)24/h1-2,5-6,12-13H,3-4,7-11H2,(H2,21,24). The van der Waals surface area contributed by atoms with Gasteiger partial charge in [0.1, 0.15) is 10.6 Å². The molecule has 1 amide bonds. The van der Waals surface area contributed by atoms with Gasteiger partial charge < -0.3 is 10.5 Å². The monoisotopic (exact) mass is 421 g/mol. The fourth-order valence-corrected chi connectivity index (χ4v) is 5.54. The predicted molar refractivity (Wildman–Crippen MR) is 93.8 cm³/mol. The maximum atomic E-state index is 12.9. The second-order valence-corrected chi connectivity index (χ2v) is 8.83. The Kier molecular flexibility index (Phi) is 5.87. The lowest BCUT2D eigenvalue weighted by Crippen LogP contribution is -2.51. The molecule has 2 N–H and O–H groups in total. The van der Waals surface area contributed by atoms with Crippen LogP contribution >= 0.6 is 0 Å². The third kappa shape index (κ3) is 4.41. The minimum absolute atomic E-state index is 0.0214. The number of piperidine rings is 1. The van der Waals surface area contributed by atoms with Gasteiger partial charge in [-0.1, -0.05) is 12.1 Å². The van der Waals surface area contributed by atoms with Crippen molar-refractivity contribution in [3.05, 3.63) is 24.3 Å². The quantitative estimate of drug-likeness (QED) is 0.781. The minimum Gasteiger partial charge on any atom is -0.404 e. The summed E-state index contributed by atoms with van der Waals surface area (Å²) in [7, 11) is -4.14. The number of benzene rings is 1. The third-order valence-electron chi connectivity index (χ3n) is 5.21. The van der Waals surface area contributed by atoms with Gasteiger partial charge in [0.2, 0.25) is 15.9 Å². The number of carbonyl (C=O) groups excluding carboxylic acids is 1. The van der Waals surface area contributed by atoms with Gasteiger partial charge in [-0.2, -0.15) is 4.31 Å². The number of hydrogen-bond acceptors (Lipinski definition) is 5. The van der Waals surface area contributed by atoms with Crippen LogP contribution in [-0.4, -0.2) is 61.6 Å². The molecule has 2 aliphatic rings. The Balaban J connectivity index is 1.73. The maximum Gasteiger partial charge on any atom is 0.573 e. The van der Waals surface area contributed by atoms with E-state index in [0.29, 0.717) is 19.3 Å². The molecule has 156 valence electrons.